The molecular weight excluding hydrogens is 1880 g/mol. The number of hydrogen-bond acceptors (Lipinski definition) is 26. The first kappa shape index (κ1) is 120. The van der Waals surface area contributed by atoms with E-state index in [2.05, 4.69) is 68.9 Å². The number of ether oxygens (including phenoxy) is 8. The molecule has 30 nitrogen and oxygen atoms in total. The number of carbonyl (C=O) groups excluding carboxylic acids is 8. The lowest BCUT2D eigenvalue weighted by molar-refractivity contribution is -0.123. The topological polar surface area (TPSA) is 395 Å². The second-order valence-electron chi connectivity index (χ2n) is 37.1. The van der Waals surface area contributed by atoms with Crippen LogP contribution < -0.4 is 59.2 Å². The highest BCUT2D eigenvalue weighted by Gasteiger charge is 2.21. The minimum atomic E-state index is -0.610. The third-order valence-corrected chi connectivity index (χ3v) is 24.8. The van der Waals surface area contributed by atoms with E-state index in [0.717, 1.165) is 51.4 Å². The first-order chi connectivity index (χ1) is 72.2. The zero-order valence-electron chi connectivity index (χ0n) is 87.7. The van der Waals surface area contributed by atoms with Crippen LogP contribution in [0.1, 0.15) is 323 Å². The van der Waals surface area contributed by atoms with Gasteiger partial charge < -0.3 is 89.4 Å². The number of phenols is 4. The predicted molar refractivity (Wildman–Crippen MR) is 584 cm³/mol. The van der Waals surface area contributed by atoms with Crippen molar-refractivity contribution >= 4 is 72.4 Å². The summed E-state index contributed by atoms with van der Waals surface area (Å²) >= 11 is 0. The molecule has 0 aliphatic carbocycles. The zero-order chi connectivity index (χ0) is 105. The summed E-state index contributed by atoms with van der Waals surface area (Å²) in [4.78, 5) is 129. The van der Waals surface area contributed by atoms with Crippen molar-refractivity contribution in [2.45, 2.75) is 259 Å². The monoisotopic (exact) mass is 2040 g/mol. The number of carbonyl (C=O) groups is 8. The van der Waals surface area contributed by atoms with Crippen molar-refractivity contribution in [3.05, 3.63) is 214 Å². The maximum absolute atomic E-state index is 13.7. The van der Waals surface area contributed by atoms with Crippen molar-refractivity contribution in [2.75, 3.05) is 118 Å². The molecular formula is C118H160N10O20. The van der Waals surface area contributed by atoms with E-state index in [0.29, 0.717) is 93.9 Å². The summed E-state index contributed by atoms with van der Waals surface area (Å²) in [5.41, 5.74) is 2.64. The second kappa shape index (κ2) is 73.6. The largest absolute Gasteiger partial charge is 0.507 e. The first-order valence-electron chi connectivity index (χ1n) is 53.9. The molecule has 0 spiro atoms. The summed E-state index contributed by atoms with van der Waals surface area (Å²) in [7, 11) is 0. The van der Waals surface area contributed by atoms with E-state index in [-0.39, 0.29) is 187 Å². The van der Waals surface area contributed by atoms with Crippen LogP contribution in [-0.4, -0.2) is 221 Å². The second-order valence-corrected chi connectivity index (χ2v) is 37.1. The number of hydrogen-bond donors (Lipinski definition) is 8. The molecule has 0 heterocycles. The molecule has 148 heavy (non-hydrogen) atoms. The van der Waals surface area contributed by atoms with Crippen molar-refractivity contribution in [3.63, 3.8) is 0 Å². The van der Waals surface area contributed by atoms with Gasteiger partial charge in [-0.15, -0.1) is 0 Å². The molecule has 8 aromatic rings. The molecule has 0 saturated carbocycles. The SMILES string of the molecule is CCCCCCCCCCOc1ccc(C(=O)Oc2ccc(C=NCCNC(=O)CCN(CCC(=O)NCCN=Cc3ccc(OC(=O)c4ccc(OCCCCCCCCCC)cc4)cc3O)CCN(CCC(=O)NCCN=Cc3ccc(OC(=O)c4ccc(OCCCCCCCCCC)cc4)cc3O)CCC(=O)NCCN=Cc3ccc(OC(=O)c4ccc(OCCCCCCCCCC)cc4)cc3O)c(O)c2)cc1. The number of unbranched alkanes of at least 4 members (excludes halogenated alkanes) is 28. The van der Waals surface area contributed by atoms with E-state index in [1.165, 1.54) is 203 Å². The molecule has 0 saturated heterocycles. The smallest absolute Gasteiger partial charge is 0.343 e. The maximum atomic E-state index is 13.7. The Hall–Kier alpha value is -13.5. The number of rotatable bonds is 79. The Morgan fingerprint density at radius 2 is 0.426 bits per heavy atom. The third kappa shape index (κ3) is 51.2. The number of nitrogens with one attached hydrogen (secondary N) is 4. The number of esters is 4. The number of phenolic OH excluding ortho intramolecular Hbond substituents is 4. The summed E-state index contributed by atoms with van der Waals surface area (Å²) in [6, 6.07) is 44.6. The van der Waals surface area contributed by atoms with Crippen LogP contribution >= 0.6 is 0 Å². The fourth-order valence-electron chi connectivity index (χ4n) is 15.9. The van der Waals surface area contributed by atoms with Crippen molar-refractivity contribution in [3.8, 4) is 69.0 Å². The lowest BCUT2D eigenvalue weighted by atomic mass is 10.1. The molecule has 8 N–H and O–H groups in total. The highest BCUT2D eigenvalue weighted by molar-refractivity contribution is 5.95. The van der Waals surface area contributed by atoms with Crippen LogP contribution in [0.5, 0.6) is 69.0 Å². The third-order valence-electron chi connectivity index (χ3n) is 24.8. The molecule has 4 amide bonds. The van der Waals surface area contributed by atoms with Crippen LogP contribution in [0.15, 0.2) is 190 Å². The van der Waals surface area contributed by atoms with E-state index >= 15 is 0 Å². The minimum Gasteiger partial charge on any atom is -0.507 e. The fraction of sp³-hybridized carbons (Fsp3) is 0.492. The molecule has 0 unspecified atom stereocenters. The normalized spacial score (nSPS) is 11.4. The highest BCUT2D eigenvalue weighted by Crippen LogP contribution is 2.30. The number of aromatic hydroxyl groups is 4. The number of amides is 4. The van der Waals surface area contributed by atoms with Gasteiger partial charge in [0.05, 0.1) is 74.9 Å². The van der Waals surface area contributed by atoms with Crippen LogP contribution in [0.25, 0.3) is 0 Å². The first-order valence-corrected chi connectivity index (χ1v) is 53.9. The summed E-state index contributed by atoms with van der Waals surface area (Å²) in [5.74, 6) is -1.27. The highest BCUT2D eigenvalue weighted by atomic mass is 16.6. The van der Waals surface area contributed by atoms with Gasteiger partial charge in [-0.2, -0.15) is 0 Å². The van der Waals surface area contributed by atoms with Gasteiger partial charge in [-0.05, 0) is 171 Å². The standard InChI is InChI=1S/C118H160N10O20/c1-5-9-13-17-21-25-29-33-79-141-99-49-37-91(38-50-99)115(137)145-103-57-45-95(107(129)83-103)87-119-65-69-123-111(133)61-73-127(74-62-112(134)124-70-66-120-88-96-46-58-104(84-108(96)130)146-116(138)92-39-51-100(52-40-92)142-80-34-30-26-22-18-14-10-6-2)77-78-128(75-63-113(135)125-71-67-121-89-97-47-59-105(85-109(97)131)147-117(139)93-41-53-101(54-42-93)143-81-35-31-27-23-19-15-11-7-3)76-64-114(136)126-72-68-122-90-98-48-60-106(86-110(98)132)148-118(140)94-43-55-102(56-44-94)144-82-36-32-28-24-20-16-12-8-4/h37-60,83-90,129-132H,5-36,61-82H2,1-4H3,(H,123,133)(H,124,134)(H,125,135)(H,126,136). The van der Waals surface area contributed by atoms with Crippen LogP contribution in [0.4, 0.5) is 0 Å². The number of aliphatic imine (C=N–C) groups is 4. The predicted octanol–water partition coefficient (Wildman–Crippen LogP) is 21.9. The Bertz CT molecular complexity index is 4680. The van der Waals surface area contributed by atoms with E-state index < -0.39 is 23.9 Å². The van der Waals surface area contributed by atoms with E-state index in [4.69, 9.17) is 37.9 Å². The van der Waals surface area contributed by atoms with Crippen LogP contribution in [0.2, 0.25) is 0 Å². The molecule has 0 atom stereocenters. The van der Waals surface area contributed by atoms with Gasteiger partial charge in [0.1, 0.15) is 69.0 Å². The average Bonchev–Trinajstić information content (AvgIpc) is 0.858. The lowest BCUT2D eigenvalue weighted by Crippen LogP contribution is -2.41. The van der Waals surface area contributed by atoms with Crippen molar-refractivity contribution < 1.29 is 96.7 Å². The number of benzene rings is 8. The summed E-state index contributed by atoms with van der Waals surface area (Å²) in [6.07, 6.45) is 44.0. The fourth-order valence-corrected chi connectivity index (χ4v) is 15.9. The Kier molecular flexibility index (Phi) is 59.5. The van der Waals surface area contributed by atoms with E-state index in [9.17, 15) is 58.8 Å². The van der Waals surface area contributed by atoms with E-state index in [1.807, 2.05) is 9.80 Å². The molecule has 802 valence electrons. The van der Waals surface area contributed by atoms with Gasteiger partial charge in [0, 0.05) is 163 Å². The minimum absolute atomic E-state index is 0.00552. The molecule has 0 aliphatic heterocycles. The van der Waals surface area contributed by atoms with Gasteiger partial charge in [-0.1, -0.05) is 207 Å². The van der Waals surface area contributed by atoms with Crippen LogP contribution in [-0.2, 0) is 19.2 Å². The quantitative estimate of drug-likeness (QED) is 0.00759. The molecule has 8 rings (SSSR count). The molecule has 30 heteroatoms. The molecule has 8 aromatic carbocycles. The summed E-state index contributed by atoms with van der Waals surface area (Å²) in [5, 5.41) is 55.4. The van der Waals surface area contributed by atoms with Gasteiger partial charge in [0.15, 0.2) is 0 Å². The van der Waals surface area contributed by atoms with E-state index in [1.54, 1.807) is 146 Å². The Morgan fingerprint density at radius 1 is 0.243 bits per heavy atom. The molecule has 0 aliphatic rings. The van der Waals surface area contributed by atoms with Crippen molar-refractivity contribution in [1.82, 2.24) is 31.1 Å². The van der Waals surface area contributed by atoms with Crippen LogP contribution in [0.3, 0.4) is 0 Å². The molecule has 0 fully saturated rings. The lowest BCUT2D eigenvalue weighted by Gasteiger charge is -2.27. The molecule has 0 aromatic heterocycles. The number of nitrogens with zero attached hydrogens (tertiary/aromatic N) is 6. The zero-order valence-corrected chi connectivity index (χ0v) is 87.7. The maximum Gasteiger partial charge on any atom is 0.343 e. The Morgan fingerprint density at radius 3 is 0.615 bits per heavy atom. The summed E-state index contributed by atoms with van der Waals surface area (Å²) < 4.78 is 46.0. The Balaban J connectivity index is 0.857. The van der Waals surface area contributed by atoms with Crippen LogP contribution in [0, 0.1) is 0 Å². The van der Waals surface area contributed by atoms with Gasteiger partial charge in [-0.3, -0.25) is 39.1 Å². The average molecular weight is 2040 g/mol. The van der Waals surface area contributed by atoms with Gasteiger partial charge in [0.25, 0.3) is 0 Å². The summed E-state index contributed by atoms with van der Waals surface area (Å²) in [6.45, 7) is 13.7. The van der Waals surface area contributed by atoms with Gasteiger partial charge in [0.2, 0.25) is 23.6 Å². The molecule has 0 bridgehead atoms. The van der Waals surface area contributed by atoms with Crippen molar-refractivity contribution in [2.24, 2.45) is 20.0 Å². The Labute approximate surface area is 875 Å². The van der Waals surface area contributed by atoms with Crippen molar-refractivity contribution in [1.29, 1.82) is 0 Å². The molecule has 0 radical (unpaired) electrons. The van der Waals surface area contributed by atoms with Gasteiger partial charge in [-0.25, -0.2) is 19.2 Å². The van der Waals surface area contributed by atoms with Gasteiger partial charge >= 0.3 is 23.9 Å².